The maximum atomic E-state index is 14.1. The number of rotatable bonds is 10. The van der Waals surface area contributed by atoms with Crippen molar-refractivity contribution in [1.82, 2.24) is 14.9 Å². The molecule has 0 unspecified atom stereocenters. The molecular weight excluding hydrogens is 494 g/mol. The molecule has 1 amide bonds. The van der Waals surface area contributed by atoms with E-state index in [4.69, 9.17) is 0 Å². The number of anilines is 2. The normalized spacial score (nSPS) is 15.7. The van der Waals surface area contributed by atoms with Crippen LogP contribution < -0.4 is 10.2 Å². The van der Waals surface area contributed by atoms with Gasteiger partial charge in [-0.2, -0.15) is 0 Å². The number of amides is 1. The predicted octanol–water partition coefficient (Wildman–Crippen LogP) is 5.41. The Morgan fingerprint density at radius 1 is 1.00 bits per heavy atom. The number of aromatic nitrogens is 2. The third kappa shape index (κ3) is 6.92. The van der Waals surface area contributed by atoms with Crippen molar-refractivity contribution < 1.29 is 9.90 Å². The summed E-state index contributed by atoms with van der Waals surface area (Å²) < 4.78 is 0. The molecule has 1 fully saturated rings. The van der Waals surface area contributed by atoms with E-state index in [0.29, 0.717) is 30.3 Å². The smallest absolute Gasteiger partial charge is 0.244 e. The van der Waals surface area contributed by atoms with Gasteiger partial charge in [0.05, 0.1) is 0 Å². The van der Waals surface area contributed by atoms with Crippen LogP contribution >= 0.6 is 11.8 Å². The first kappa shape index (κ1) is 28.1. The summed E-state index contributed by atoms with van der Waals surface area (Å²) in [6, 6.07) is 19.9. The van der Waals surface area contributed by atoms with Crippen LogP contribution in [0.15, 0.2) is 65.8 Å². The summed E-state index contributed by atoms with van der Waals surface area (Å²) in [5.41, 5.74) is 3.88. The highest BCUT2D eigenvalue weighted by molar-refractivity contribution is 7.99. The summed E-state index contributed by atoms with van der Waals surface area (Å²) in [7, 11) is 3.99. The lowest BCUT2D eigenvalue weighted by molar-refractivity contribution is -0.142. The number of aliphatic hydroxyl groups is 1. The molecule has 0 radical (unpaired) electrons. The van der Waals surface area contributed by atoms with Gasteiger partial charge in [-0.1, -0.05) is 61.4 Å². The number of carbonyl (C=O) groups is 1. The number of hydrogen-bond donors (Lipinski definition) is 2. The van der Waals surface area contributed by atoms with Crippen LogP contribution in [-0.4, -0.2) is 57.5 Å². The zero-order chi connectivity index (χ0) is 27.1. The van der Waals surface area contributed by atoms with Crippen LogP contribution in [0.4, 0.5) is 11.4 Å². The first-order chi connectivity index (χ1) is 18.3. The number of nitrogens with zero attached hydrogens (tertiary/aromatic N) is 4. The zero-order valence-corrected chi connectivity index (χ0v) is 23.7. The largest absolute Gasteiger partial charge is 0.378 e. The second-order valence-corrected chi connectivity index (χ2v) is 11.3. The van der Waals surface area contributed by atoms with Gasteiger partial charge in [0.15, 0.2) is 5.16 Å². The van der Waals surface area contributed by atoms with E-state index in [1.165, 1.54) is 11.8 Å². The molecule has 1 atom stereocenters. The fraction of sp³-hybridized carbons (Fsp3) is 0.433. The summed E-state index contributed by atoms with van der Waals surface area (Å²) >= 11 is 1.43. The Hall–Kier alpha value is -2.94. The minimum absolute atomic E-state index is 0.0579. The molecule has 1 heterocycles. The van der Waals surface area contributed by atoms with Gasteiger partial charge >= 0.3 is 0 Å². The number of nitrogens with one attached hydrogen (secondary N) is 1. The van der Waals surface area contributed by atoms with Crippen LogP contribution in [0, 0.1) is 13.8 Å². The zero-order valence-electron chi connectivity index (χ0n) is 22.9. The molecule has 2 aromatic carbocycles. The van der Waals surface area contributed by atoms with Crippen LogP contribution in [0.5, 0.6) is 0 Å². The van der Waals surface area contributed by atoms with Gasteiger partial charge in [0, 0.05) is 49.2 Å². The highest BCUT2D eigenvalue weighted by atomic mass is 32.2. The maximum absolute atomic E-state index is 14.1. The topological polar surface area (TPSA) is 81.6 Å². The van der Waals surface area contributed by atoms with Gasteiger partial charge in [-0.25, -0.2) is 9.97 Å². The lowest BCUT2D eigenvalue weighted by atomic mass is 9.78. The lowest BCUT2D eigenvalue weighted by Gasteiger charge is -2.47. The van der Waals surface area contributed by atoms with Crippen molar-refractivity contribution >= 4 is 29.0 Å². The Labute approximate surface area is 230 Å². The van der Waals surface area contributed by atoms with E-state index >= 15 is 0 Å². The van der Waals surface area contributed by atoms with Crippen molar-refractivity contribution in [3.8, 4) is 0 Å². The molecular formula is C30H39N5O2S. The molecule has 2 N–H and O–H groups in total. The second-order valence-electron chi connectivity index (χ2n) is 10.3. The first-order valence-electron chi connectivity index (χ1n) is 13.3. The summed E-state index contributed by atoms with van der Waals surface area (Å²) in [6.07, 6.45) is 3.51. The van der Waals surface area contributed by atoms with E-state index in [1.54, 1.807) is 0 Å². The third-order valence-corrected chi connectivity index (χ3v) is 8.08. The predicted molar refractivity (Wildman–Crippen MR) is 155 cm³/mol. The Morgan fingerprint density at radius 3 is 2.24 bits per heavy atom. The molecule has 0 saturated heterocycles. The minimum Gasteiger partial charge on any atom is -0.378 e. The average molecular weight is 534 g/mol. The Bertz CT molecular complexity index is 1180. The van der Waals surface area contributed by atoms with E-state index < -0.39 is 11.8 Å². The monoisotopic (exact) mass is 533 g/mol. The summed E-state index contributed by atoms with van der Waals surface area (Å²) in [5.74, 6) is 0.305. The van der Waals surface area contributed by atoms with Crippen molar-refractivity contribution in [2.75, 3.05) is 30.1 Å². The maximum Gasteiger partial charge on any atom is 0.244 e. The summed E-state index contributed by atoms with van der Waals surface area (Å²) in [4.78, 5) is 27.2. The Balaban J connectivity index is 1.62. The molecule has 1 saturated carbocycles. The van der Waals surface area contributed by atoms with Gasteiger partial charge < -0.3 is 15.3 Å². The first-order valence-corrected chi connectivity index (χ1v) is 14.3. The third-order valence-electron chi connectivity index (χ3n) is 7.17. The number of thioether (sulfide) groups is 1. The quantitative estimate of drug-likeness (QED) is 0.205. The summed E-state index contributed by atoms with van der Waals surface area (Å²) in [5, 5.41) is 15.5. The molecule has 1 aliphatic rings. The molecule has 0 bridgehead atoms. The van der Waals surface area contributed by atoms with Gasteiger partial charge in [0.25, 0.3) is 0 Å². The van der Waals surface area contributed by atoms with Gasteiger partial charge in [-0.15, -0.1) is 0 Å². The fourth-order valence-electron chi connectivity index (χ4n) is 5.19. The van der Waals surface area contributed by atoms with E-state index in [2.05, 4.69) is 15.3 Å². The van der Waals surface area contributed by atoms with Crippen molar-refractivity contribution in [3.63, 3.8) is 0 Å². The van der Waals surface area contributed by atoms with Crippen molar-refractivity contribution in [2.45, 2.75) is 69.4 Å². The molecule has 0 spiro atoms. The molecule has 1 aliphatic carbocycles. The Kier molecular flexibility index (Phi) is 9.41. The molecule has 0 aliphatic heterocycles. The molecule has 3 aromatic rings. The number of aryl methyl sites for hydroxylation is 2. The van der Waals surface area contributed by atoms with Crippen LogP contribution in [0.3, 0.4) is 0 Å². The van der Waals surface area contributed by atoms with Crippen LogP contribution in [0.2, 0.25) is 0 Å². The number of carbonyl (C=O) groups excluding carboxylic acids is 1. The Morgan fingerprint density at radius 2 is 1.63 bits per heavy atom. The summed E-state index contributed by atoms with van der Waals surface area (Å²) in [6.45, 7) is 4.37. The molecule has 38 heavy (non-hydrogen) atoms. The van der Waals surface area contributed by atoms with Gasteiger partial charge in [0.2, 0.25) is 5.91 Å². The van der Waals surface area contributed by atoms with E-state index in [0.717, 1.165) is 47.6 Å². The van der Waals surface area contributed by atoms with E-state index in [1.807, 2.05) is 98.4 Å². The van der Waals surface area contributed by atoms with E-state index in [9.17, 15) is 9.90 Å². The van der Waals surface area contributed by atoms with Crippen LogP contribution in [0.1, 0.15) is 49.1 Å². The van der Waals surface area contributed by atoms with Gasteiger partial charge in [-0.05, 0) is 62.6 Å². The standard InChI is InChI=1S/C30H39N5O2S/c1-22-19-23(2)32-29(31-22)38-21-27(36)35(20-24-11-7-5-8-12-24)30(17-9-6-10-18-30)28(37)33-25-13-15-26(16-14-25)34(3)4/h5,7-8,11-16,19,27,36H,6,9-10,17-18,20-21H2,1-4H3,(H,33,37)/t27-/m1/s1. The van der Waals surface area contributed by atoms with Gasteiger partial charge in [0.1, 0.15) is 11.8 Å². The van der Waals surface area contributed by atoms with Crippen molar-refractivity contribution in [1.29, 1.82) is 0 Å². The van der Waals surface area contributed by atoms with Crippen LogP contribution in [-0.2, 0) is 11.3 Å². The molecule has 202 valence electrons. The molecule has 7 nitrogen and oxygen atoms in total. The second kappa shape index (κ2) is 12.7. The average Bonchev–Trinajstić information content (AvgIpc) is 2.91. The van der Waals surface area contributed by atoms with Crippen LogP contribution in [0.25, 0.3) is 0 Å². The number of benzene rings is 2. The van der Waals surface area contributed by atoms with Crippen molar-refractivity contribution in [2.24, 2.45) is 0 Å². The molecule has 8 heteroatoms. The van der Waals surface area contributed by atoms with Gasteiger partial charge in [-0.3, -0.25) is 9.69 Å². The molecule has 1 aromatic heterocycles. The number of hydrogen-bond acceptors (Lipinski definition) is 7. The van der Waals surface area contributed by atoms with E-state index in [-0.39, 0.29) is 5.91 Å². The lowest BCUT2D eigenvalue weighted by Crippen LogP contribution is -2.61. The fourth-order valence-corrected chi connectivity index (χ4v) is 6.09. The van der Waals surface area contributed by atoms with Crippen molar-refractivity contribution in [3.05, 3.63) is 77.6 Å². The minimum atomic E-state index is -0.857. The highest BCUT2D eigenvalue weighted by Crippen LogP contribution is 2.38. The SMILES string of the molecule is Cc1cc(C)nc(SC[C@@H](O)N(Cc2ccccc2)C2(C(=O)Nc3ccc(N(C)C)cc3)CCCCC2)n1. The molecule has 4 rings (SSSR count). The highest BCUT2D eigenvalue weighted by Gasteiger charge is 2.47. The number of aliphatic hydroxyl groups excluding tert-OH is 1.